The lowest BCUT2D eigenvalue weighted by Crippen LogP contribution is -2.49. The summed E-state index contributed by atoms with van der Waals surface area (Å²) >= 11 is 0. The predicted molar refractivity (Wildman–Crippen MR) is 134 cm³/mol. The van der Waals surface area contributed by atoms with Gasteiger partial charge in [0.1, 0.15) is 11.8 Å². The first kappa shape index (κ1) is 26.1. The molecule has 0 saturated heterocycles. The van der Waals surface area contributed by atoms with Crippen molar-refractivity contribution >= 4 is 17.8 Å². The van der Waals surface area contributed by atoms with Gasteiger partial charge in [-0.3, -0.25) is 14.5 Å². The molecule has 11 heteroatoms. The first-order valence-corrected chi connectivity index (χ1v) is 12.2. The van der Waals surface area contributed by atoms with Gasteiger partial charge in [-0.25, -0.2) is 4.79 Å². The first-order valence-electron chi connectivity index (χ1n) is 12.2. The highest BCUT2D eigenvalue weighted by Gasteiger charge is 2.46. The van der Waals surface area contributed by atoms with Gasteiger partial charge in [0.25, 0.3) is 5.91 Å². The number of nitrogens with zero attached hydrogens (tertiary/aromatic N) is 2. The van der Waals surface area contributed by atoms with Gasteiger partial charge in [0.05, 0.1) is 42.2 Å². The fraction of sp³-hybridized carbons (Fsp3) is 0.250. The Hall–Kier alpha value is -4.54. The fourth-order valence-corrected chi connectivity index (χ4v) is 4.84. The van der Waals surface area contributed by atoms with Crippen molar-refractivity contribution in [1.29, 1.82) is 0 Å². The van der Waals surface area contributed by atoms with Crippen LogP contribution in [0.2, 0.25) is 0 Å². The van der Waals surface area contributed by atoms with Crippen LogP contribution in [0.25, 0.3) is 0 Å². The number of hydrogen-bond donors (Lipinski definition) is 2. The second-order valence-corrected chi connectivity index (χ2v) is 9.36. The second-order valence-electron chi connectivity index (χ2n) is 9.36. The number of alkyl halides is 3. The van der Waals surface area contributed by atoms with Crippen molar-refractivity contribution in [2.75, 3.05) is 13.6 Å². The number of urea groups is 1. The molecule has 0 saturated carbocycles. The largest absolute Gasteiger partial charge is 0.467 e. The highest BCUT2D eigenvalue weighted by Crippen LogP contribution is 2.38. The molecule has 0 fully saturated rings. The third-order valence-electron chi connectivity index (χ3n) is 6.93. The third kappa shape index (κ3) is 5.25. The van der Waals surface area contributed by atoms with Crippen molar-refractivity contribution in [1.82, 2.24) is 20.4 Å². The molecule has 2 aliphatic rings. The number of halogens is 3. The number of nitrogens with one attached hydrogen (secondary N) is 2. The molecule has 2 N–H and O–H groups in total. The molecule has 3 aromatic rings. The van der Waals surface area contributed by atoms with Gasteiger partial charge in [-0.05, 0) is 35.4 Å². The normalized spacial score (nSPS) is 18.2. The Morgan fingerprint density at radius 3 is 2.44 bits per heavy atom. The Kier molecular flexibility index (Phi) is 6.90. The minimum absolute atomic E-state index is 0.0130. The fourth-order valence-electron chi connectivity index (χ4n) is 4.84. The molecule has 0 bridgehead atoms. The van der Waals surface area contributed by atoms with E-state index < -0.39 is 41.7 Å². The van der Waals surface area contributed by atoms with Gasteiger partial charge in [-0.2, -0.15) is 13.2 Å². The van der Waals surface area contributed by atoms with Crippen LogP contribution in [0, 0.1) is 0 Å². The highest BCUT2D eigenvalue weighted by atomic mass is 19.4. The molecule has 2 atom stereocenters. The molecule has 0 spiro atoms. The molecule has 0 aliphatic carbocycles. The Morgan fingerprint density at radius 2 is 1.79 bits per heavy atom. The minimum atomic E-state index is -4.52. The Labute approximate surface area is 222 Å². The molecular formula is C28H25F3N4O4. The van der Waals surface area contributed by atoms with Gasteiger partial charge >= 0.3 is 12.2 Å². The zero-order valence-electron chi connectivity index (χ0n) is 20.9. The van der Waals surface area contributed by atoms with Gasteiger partial charge in [-0.1, -0.05) is 42.5 Å². The maximum absolute atomic E-state index is 13.9. The quantitative estimate of drug-likeness (QED) is 0.475. The van der Waals surface area contributed by atoms with E-state index in [1.54, 1.807) is 12.1 Å². The van der Waals surface area contributed by atoms with Crippen LogP contribution in [0.15, 0.2) is 88.7 Å². The first-order chi connectivity index (χ1) is 18.6. The lowest BCUT2D eigenvalue weighted by Gasteiger charge is -2.31. The van der Waals surface area contributed by atoms with Crippen LogP contribution in [-0.4, -0.2) is 47.3 Å². The van der Waals surface area contributed by atoms with E-state index in [-0.39, 0.29) is 25.1 Å². The van der Waals surface area contributed by atoms with Crippen LogP contribution in [-0.2, 0) is 28.7 Å². The van der Waals surface area contributed by atoms with Gasteiger partial charge in [0.15, 0.2) is 0 Å². The molecular weight excluding hydrogens is 513 g/mol. The summed E-state index contributed by atoms with van der Waals surface area (Å²) in [7, 11) is 1.51. The summed E-state index contributed by atoms with van der Waals surface area (Å²) in [5, 5.41) is 5.53. The number of furan rings is 1. The van der Waals surface area contributed by atoms with E-state index in [2.05, 4.69) is 10.6 Å². The molecule has 0 unspecified atom stereocenters. The SMILES string of the molecule is CN1C(=O)N[C@@H](c2ccc(C(F)(F)F)cc2)C2=C1CN([C@H](Cc1ccccc1)C(=O)NCc1ccco1)C2=O. The highest BCUT2D eigenvalue weighted by molar-refractivity contribution is 6.03. The molecule has 2 aromatic carbocycles. The van der Waals surface area contributed by atoms with Gasteiger partial charge in [0.2, 0.25) is 5.91 Å². The molecule has 0 radical (unpaired) electrons. The zero-order valence-corrected chi connectivity index (χ0v) is 20.9. The third-order valence-corrected chi connectivity index (χ3v) is 6.93. The number of benzene rings is 2. The van der Waals surface area contributed by atoms with Crippen molar-refractivity contribution in [2.24, 2.45) is 0 Å². The van der Waals surface area contributed by atoms with E-state index in [9.17, 15) is 27.6 Å². The van der Waals surface area contributed by atoms with Crippen LogP contribution in [0.5, 0.6) is 0 Å². The standard InChI is InChI=1S/C28H25F3N4O4/c1-34-22-16-35(21(14-17-6-3-2-4-7-17)25(36)32-15-20-8-5-13-39-20)26(37)23(22)24(33-27(34)38)18-9-11-19(12-10-18)28(29,30)31/h2-13,21,24H,14-16H2,1H3,(H,32,36)(H,33,38)/t21-,24+/m1/s1. The number of carbonyl (C=O) groups is 3. The van der Waals surface area contributed by atoms with Gasteiger partial charge < -0.3 is 20.0 Å². The van der Waals surface area contributed by atoms with Gasteiger partial charge in [-0.15, -0.1) is 0 Å². The monoisotopic (exact) mass is 538 g/mol. The summed E-state index contributed by atoms with van der Waals surface area (Å²) in [6.45, 7) is 0.112. The molecule has 1 aromatic heterocycles. The van der Waals surface area contributed by atoms with Crippen LogP contribution >= 0.6 is 0 Å². The van der Waals surface area contributed by atoms with Crippen LogP contribution in [0.4, 0.5) is 18.0 Å². The number of carbonyl (C=O) groups excluding carboxylic acids is 3. The molecule has 2 aliphatic heterocycles. The van der Waals surface area contributed by atoms with E-state index in [1.807, 2.05) is 30.3 Å². The lowest BCUT2D eigenvalue weighted by atomic mass is 9.94. The summed E-state index contributed by atoms with van der Waals surface area (Å²) in [5.41, 5.74) is 0.929. The zero-order chi connectivity index (χ0) is 27.7. The van der Waals surface area contributed by atoms with E-state index in [0.29, 0.717) is 17.0 Å². The summed E-state index contributed by atoms with van der Waals surface area (Å²) in [5.74, 6) is -0.337. The van der Waals surface area contributed by atoms with Crippen LogP contribution in [0.3, 0.4) is 0 Å². The van der Waals surface area contributed by atoms with Gasteiger partial charge in [0, 0.05) is 13.5 Å². The molecule has 4 amide bonds. The summed E-state index contributed by atoms with van der Waals surface area (Å²) < 4.78 is 44.6. The van der Waals surface area contributed by atoms with E-state index in [1.165, 1.54) is 35.2 Å². The number of rotatable bonds is 7. The number of likely N-dealkylation sites (N-methyl/N-ethyl adjacent to an activating group) is 1. The Morgan fingerprint density at radius 1 is 1.08 bits per heavy atom. The maximum Gasteiger partial charge on any atom is 0.416 e. The summed E-state index contributed by atoms with van der Waals surface area (Å²) in [4.78, 5) is 42.8. The number of amides is 4. The molecule has 5 rings (SSSR count). The van der Waals surface area contributed by atoms with Crippen molar-refractivity contribution in [3.8, 4) is 0 Å². The van der Waals surface area contributed by atoms with Crippen LogP contribution < -0.4 is 10.6 Å². The molecule has 202 valence electrons. The average molecular weight is 539 g/mol. The smallest absolute Gasteiger partial charge is 0.416 e. The Balaban J connectivity index is 1.45. The second kappa shape index (κ2) is 10.3. The average Bonchev–Trinajstić information content (AvgIpc) is 3.56. The summed E-state index contributed by atoms with van der Waals surface area (Å²) in [6, 6.07) is 14.6. The molecule has 39 heavy (non-hydrogen) atoms. The topological polar surface area (TPSA) is 94.9 Å². The van der Waals surface area contributed by atoms with Crippen molar-refractivity contribution in [3.63, 3.8) is 0 Å². The van der Waals surface area contributed by atoms with Crippen LogP contribution in [0.1, 0.15) is 28.5 Å². The summed E-state index contributed by atoms with van der Waals surface area (Å²) in [6.07, 6.45) is -2.81. The van der Waals surface area contributed by atoms with E-state index in [4.69, 9.17) is 4.42 Å². The van der Waals surface area contributed by atoms with E-state index in [0.717, 1.165) is 17.7 Å². The predicted octanol–water partition coefficient (Wildman–Crippen LogP) is 4.02. The van der Waals surface area contributed by atoms with Crippen molar-refractivity contribution in [3.05, 3.63) is 107 Å². The number of hydrogen-bond acceptors (Lipinski definition) is 4. The minimum Gasteiger partial charge on any atom is -0.467 e. The molecule has 8 nitrogen and oxygen atoms in total. The maximum atomic E-state index is 13.9. The van der Waals surface area contributed by atoms with Crippen molar-refractivity contribution < 1.29 is 32.0 Å². The van der Waals surface area contributed by atoms with E-state index >= 15 is 0 Å². The Bertz CT molecular complexity index is 1400. The molecule has 3 heterocycles. The lowest BCUT2D eigenvalue weighted by molar-refractivity contribution is -0.137. The van der Waals surface area contributed by atoms with Crippen molar-refractivity contribution in [2.45, 2.75) is 31.2 Å².